The molecule has 2 N–H and O–H groups in total. The smallest absolute Gasteiger partial charge is 0.453 e. The average Bonchev–Trinajstić information content (AvgIpc) is 2.98. The van der Waals surface area contributed by atoms with Gasteiger partial charge in [-0.15, -0.1) is 0 Å². The zero-order valence-corrected chi connectivity index (χ0v) is 14.6. The Labute approximate surface area is 142 Å². The fourth-order valence-electron chi connectivity index (χ4n) is 2.07. The van der Waals surface area contributed by atoms with Gasteiger partial charge >= 0.3 is 17.7 Å². The maximum Gasteiger partial charge on any atom is 0.453 e. The van der Waals surface area contributed by atoms with Crippen LogP contribution in [0.15, 0.2) is 18.2 Å². The van der Waals surface area contributed by atoms with E-state index in [1.54, 1.807) is 32.0 Å². The van der Waals surface area contributed by atoms with Crippen molar-refractivity contribution in [2.45, 2.75) is 39.9 Å². The molecule has 1 aliphatic rings. The van der Waals surface area contributed by atoms with Crippen LogP contribution < -0.4 is 15.2 Å². The SMILES string of the molecule is CC.CCOC(=O)C1(C(=O)OCC)Oc2ccc(CCN)cc2O1. The highest BCUT2D eigenvalue weighted by Gasteiger charge is 2.59. The monoisotopic (exact) mass is 339 g/mol. The molecule has 1 heterocycles. The van der Waals surface area contributed by atoms with Gasteiger partial charge in [-0.3, -0.25) is 0 Å². The van der Waals surface area contributed by atoms with Crippen LogP contribution in [0.3, 0.4) is 0 Å². The molecular formula is C17H25NO6. The van der Waals surface area contributed by atoms with Gasteiger partial charge in [0.2, 0.25) is 0 Å². The van der Waals surface area contributed by atoms with Crippen molar-refractivity contribution in [2.75, 3.05) is 19.8 Å². The molecule has 0 aromatic heterocycles. The van der Waals surface area contributed by atoms with Crippen molar-refractivity contribution in [3.05, 3.63) is 23.8 Å². The molecule has 0 aliphatic carbocycles. The quantitative estimate of drug-likeness (QED) is 0.623. The van der Waals surface area contributed by atoms with E-state index in [0.29, 0.717) is 13.0 Å². The van der Waals surface area contributed by atoms with Gasteiger partial charge in [0, 0.05) is 0 Å². The summed E-state index contributed by atoms with van der Waals surface area (Å²) in [5, 5.41) is 0. The lowest BCUT2D eigenvalue weighted by atomic mass is 10.1. The first-order valence-corrected chi connectivity index (χ1v) is 8.12. The summed E-state index contributed by atoms with van der Waals surface area (Å²) >= 11 is 0. The predicted molar refractivity (Wildman–Crippen MR) is 87.8 cm³/mol. The number of hydrogen-bond acceptors (Lipinski definition) is 7. The lowest BCUT2D eigenvalue weighted by Crippen LogP contribution is -2.55. The van der Waals surface area contributed by atoms with Gasteiger partial charge in [-0.25, -0.2) is 9.59 Å². The first-order valence-electron chi connectivity index (χ1n) is 8.12. The first-order chi connectivity index (χ1) is 11.6. The summed E-state index contributed by atoms with van der Waals surface area (Å²) in [6, 6.07) is 5.10. The van der Waals surface area contributed by atoms with E-state index in [0.717, 1.165) is 5.56 Å². The van der Waals surface area contributed by atoms with E-state index < -0.39 is 17.7 Å². The third-order valence-corrected chi connectivity index (χ3v) is 3.04. The molecule has 0 saturated carbocycles. The van der Waals surface area contributed by atoms with Gasteiger partial charge in [-0.2, -0.15) is 0 Å². The maximum atomic E-state index is 12.2. The lowest BCUT2D eigenvalue weighted by Gasteiger charge is -2.22. The minimum Gasteiger partial charge on any atom is -0.460 e. The largest absolute Gasteiger partial charge is 0.460 e. The van der Waals surface area contributed by atoms with Crippen LogP contribution in [-0.2, 0) is 25.5 Å². The average molecular weight is 339 g/mol. The Hall–Kier alpha value is -2.28. The molecule has 1 aromatic rings. The van der Waals surface area contributed by atoms with Crippen LogP contribution in [0, 0.1) is 0 Å². The van der Waals surface area contributed by atoms with Gasteiger partial charge < -0.3 is 24.7 Å². The Morgan fingerprint density at radius 2 is 1.58 bits per heavy atom. The number of nitrogens with two attached hydrogens (primary N) is 1. The number of hydrogen-bond donors (Lipinski definition) is 1. The van der Waals surface area contributed by atoms with E-state index >= 15 is 0 Å². The highest BCUT2D eigenvalue weighted by Crippen LogP contribution is 2.41. The van der Waals surface area contributed by atoms with E-state index in [1.165, 1.54) is 0 Å². The minimum absolute atomic E-state index is 0.0848. The third-order valence-electron chi connectivity index (χ3n) is 3.04. The summed E-state index contributed by atoms with van der Waals surface area (Å²) in [6.07, 6.45) is 0.641. The highest BCUT2D eigenvalue weighted by molar-refractivity contribution is 6.03. The number of benzene rings is 1. The second-order valence-corrected chi connectivity index (χ2v) is 4.58. The molecule has 0 spiro atoms. The van der Waals surface area contributed by atoms with Gasteiger partial charge in [-0.05, 0) is 44.5 Å². The number of rotatable bonds is 6. The second kappa shape index (κ2) is 9.12. The fourth-order valence-corrected chi connectivity index (χ4v) is 2.07. The lowest BCUT2D eigenvalue weighted by molar-refractivity contribution is -0.202. The van der Waals surface area contributed by atoms with E-state index in [9.17, 15) is 9.59 Å². The van der Waals surface area contributed by atoms with E-state index in [1.807, 2.05) is 13.8 Å². The molecule has 0 radical (unpaired) electrons. The highest BCUT2D eigenvalue weighted by atomic mass is 16.8. The molecule has 0 bridgehead atoms. The number of carbonyl (C=O) groups is 2. The van der Waals surface area contributed by atoms with Crippen molar-refractivity contribution in [1.29, 1.82) is 0 Å². The zero-order valence-electron chi connectivity index (χ0n) is 14.6. The molecule has 0 fully saturated rings. The van der Waals surface area contributed by atoms with Crippen molar-refractivity contribution in [1.82, 2.24) is 0 Å². The molecule has 0 atom stereocenters. The zero-order chi connectivity index (χ0) is 18.2. The molecule has 1 aromatic carbocycles. The number of ether oxygens (including phenoxy) is 4. The van der Waals surface area contributed by atoms with Crippen molar-refractivity contribution in [2.24, 2.45) is 5.73 Å². The van der Waals surface area contributed by atoms with Crippen molar-refractivity contribution < 1.29 is 28.5 Å². The van der Waals surface area contributed by atoms with Crippen molar-refractivity contribution in [3.8, 4) is 11.5 Å². The number of fused-ring (bicyclic) bond motifs is 1. The van der Waals surface area contributed by atoms with Crippen LogP contribution in [0.5, 0.6) is 11.5 Å². The fraction of sp³-hybridized carbons (Fsp3) is 0.529. The van der Waals surface area contributed by atoms with Gasteiger partial charge in [0.05, 0.1) is 13.2 Å². The van der Waals surface area contributed by atoms with Crippen molar-refractivity contribution in [3.63, 3.8) is 0 Å². The van der Waals surface area contributed by atoms with Gasteiger partial charge in [0.1, 0.15) is 0 Å². The van der Waals surface area contributed by atoms with Gasteiger partial charge in [-0.1, -0.05) is 19.9 Å². The molecule has 1 aliphatic heterocycles. The molecule has 134 valence electrons. The number of carbonyl (C=O) groups excluding carboxylic acids is 2. The molecule has 7 heteroatoms. The molecule has 2 rings (SSSR count). The van der Waals surface area contributed by atoms with E-state index in [4.69, 9.17) is 24.7 Å². The van der Waals surface area contributed by atoms with Crippen molar-refractivity contribution >= 4 is 11.9 Å². The Balaban J connectivity index is 0.00000139. The van der Waals surface area contributed by atoms with E-state index in [2.05, 4.69) is 0 Å². The standard InChI is InChI=1S/C15H19NO6.C2H6/c1-3-19-13(17)15(14(18)20-4-2)21-11-6-5-10(7-8-16)9-12(11)22-15;1-2/h5-6,9H,3-4,7-8,16H2,1-2H3;1-2H3. The molecule has 7 nitrogen and oxygen atoms in total. The minimum atomic E-state index is -2.24. The van der Waals surface area contributed by atoms with E-state index in [-0.39, 0.29) is 24.7 Å². The molecule has 0 unspecified atom stereocenters. The van der Waals surface area contributed by atoms with Crippen LogP contribution >= 0.6 is 0 Å². The van der Waals surface area contributed by atoms with Crippen LogP contribution in [-0.4, -0.2) is 37.5 Å². The van der Waals surface area contributed by atoms with Crippen LogP contribution in [0.4, 0.5) is 0 Å². The van der Waals surface area contributed by atoms with Gasteiger partial charge in [0.25, 0.3) is 0 Å². The molecular weight excluding hydrogens is 314 g/mol. The number of esters is 2. The molecule has 24 heavy (non-hydrogen) atoms. The summed E-state index contributed by atoms with van der Waals surface area (Å²) in [7, 11) is 0. The summed E-state index contributed by atoms with van der Waals surface area (Å²) in [5.41, 5.74) is 6.42. The summed E-state index contributed by atoms with van der Waals surface area (Å²) in [5.74, 6) is -3.56. The normalized spacial score (nSPS) is 13.5. The molecule has 0 amide bonds. The summed E-state index contributed by atoms with van der Waals surface area (Å²) < 4.78 is 20.7. The maximum absolute atomic E-state index is 12.2. The summed E-state index contributed by atoms with van der Waals surface area (Å²) in [6.45, 7) is 7.89. The van der Waals surface area contributed by atoms with Crippen LogP contribution in [0.1, 0.15) is 33.3 Å². The Morgan fingerprint density at radius 3 is 2.08 bits per heavy atom. The first kappa shape index (κ1) is 19.8. The Morgan fingerprint density at radius 1 is 1.04 bits per heavy atom. The molecule has 0 saturated heterocycles. The van der Waals surface area contributed by atoms with Crippen LogP contribution in [0.2, 0.25) is 0 Å². The predicted octanol–water partition coefficient (Wildman–Crippen LogP) is 1.81. The third kappa shape index (κ3) is 3.97. The summed E-state index contributed by atoms with van der Waals surface area (Å²) in [4.78, 5) is 24.3. The Bertz CT molecular complexity index is 554. The van der Waals surface area contributed by atoms with Crippen LogP contribution in [0.25, 0.3) is 0 Å². The Kier molecular flexibility index (Phi) is 7.51. The van der Waals surface area contributed by atoms with Gasteiger partial charge in [0.15, 0.2) is 11.5 Å². The second-order valence-electron chi connectivity index (χ2n) is 4.58. The topological polar surface area (TPSA) is 97.1 Å².